The molecule has 1 aliphatic carbocycles. The van der Waals surface area contributed by atoms with Crippen molar-refractivity contribution in [2.75, 3.05) is 0 Å². The molecule has 0 bridgehead atoms. The van der Waals surface area contributed by atoms with Gasteiger partial charge in [0.15, 0.2) is 0 Å². The summed E-state index contributed by atoms with van der Waals surface area (Å²) < 4.78 is 0. The first-order valence-electron chi connectivity index (χ1n) is 11.1. The van der Waals surface area contributed by atoms with Gasteiger partial charge in [0.05, 0.1) is 11.8 Å². The Kier molecular flexibility index (Phi) is 20.2. The first-order valence-corrected chi connectivity index (χ1v) is 11.1. The Morgan fingerprint density at radius 1 is 1.33 bits per heavy atom. The van der Waals surface area contributed by atoms with Gasteiger partial charge in [-0.25, -0.2) is 0 Å². The molecule has 0 spiro atoms. The van der Waals surface area contributed by atoms with Crippen LogP contribution in [0.15, 0.2) is 53.8 Å². The second-order valence-corrected chi connectivity index (χ2v) is 7.05. The maximum atomic E-state index is 10.2. The lowest BCUT2D eigenvalue weighted by Gasteiger charge is -2.15. The predicted molar refractivity (Wildman–Crippen MR) is 127 cm³/mol. The van der Waals surface area contributed by atoms with E-state index < -0.39 is 12.1 Å². The Bertz CT molecular complexity index is 572. The van der Waals surface area contributed by atoms with Gasteiger partial charge in [-0.2, -0.15) is 0 Å². The van der Waals surface area contributed by atoms with Crippen molar-refractivity contribution in [3.63, 3.8) is 0 Å². The third kappa shape index (κ3) is 15.7. The molecule has 1 unspecified atom stereocenters. The van der Waals surface area contributed by atoms with Gasteiger partial charge < -0.3 is 15.4 Å². The summed E-state index contributed by atoms with van der Waals surface area (Å²) in [6.45, 7) is 13.2. The number of carbonyl (C=O) groups is 1. The molecule has 0 heterocycles. The Labute approximate surface area is 183 Å². The fraction of sp³-hybridized carbons (Fsp3) is 0.600. The van der Waals surface area contributed by atoms with Gasteiger partial charge in [-0.15, -0.1) is 0 Å². The van der Waals surface area contributed by atoms with Crippen LogP contribution in [0.1, 0.15) is 79.6 Å². The summed E-state index contributed by atoms with van der Waals surface area (Å²) in [5.41, 5.74) is 1.94. The van der Waals surface area contributed by atoms with E-state index in [1.54, 1.807) is 0 Å². The molecule has 0 aromatic heterocycles. The average Bonchev–Trinajstić information content (AvgIpc) is 3.10. The highest BCUT2D eigenvalue weighted by atomic mass is 16.4. The number of allylic oxidation sites excluding steroid dienone is 6. The minimum atomic E-state index is -0.833. The number of carboxylic acid groups (broad SMARTS) is 1. The summed E-state index contributed by atoms with van der Waals surface area (Å²) in [4.78, 5) is 9.00. The van der Waals surface area contributed by atoms with Gasteiger partial charge in [-0.05, 0) is 57.8 Å². The summed E-state index contributed by atoms with van der Waals surface area (Å²) in [5, 5.41) is 30.3. The summed E-state index contributed by atoms with van der Waals surface area (Å²) >= 11 is 0. The fourth-order valence-corrected chi connectivity index (χ4v) is 3.24. The number of aliphatic hydroxyl groups excluding tert-OH is 1. The monoisotopic (exact) mass is 421 g/mol. The van der Waals surface area contributed by atoms with Crippen LogP contribution in [0.5, 0.6) is 0 Å². The molecule has 0 saturated heterocycles. The zero-order chi connectivity index (χ0) is 23.4. The van der Waals surface area contributed by atoms with E-state index >= 15 is 0 Å². The topological polar surface area (TPSA) is 90.1 Å². The Morgan fingerprint density at radius 2 is 1.97 bits per heavy atom. The lowest BCUT2D eigenvalue weighted by atomic mass is 9.91. The molecule has 0 amide bonds. The van der Waals surface area contributed by atoms with Crippen molar-refractivity contribution >= 4 is 11.7 Å². The number of aliphatic carboxylic acids is 1. The third-order valence-electron chi connectivity index (χ3n) is 4.57. The normalized spacial score (nSPS) is 20.8. The number of hydrogen-bond acceptors (Lipinski definition) is 4. The van der Waals surface area contributed by atoms with Crippen LogP contribution in [0.3, 0.4) is 0 Å². The molecular formula is C25H43NO4. The van der Waals surface area contributed by atoms with Crippen molar-refractivity contribution in [2.45, 2.75) is 85.7 Å². The van der Waals surface area contributed by atoms with Crippen molar-refractivity contribution < 1.29 is 20.2 Å². The number of carboxylic acids is 1. The van der Waals surface area contributed by atoms with E-state index in [2.05, 4.69) is 30.8 Å². The first-order chi connectivity index (χ1) is 14.3. The third-order valence-corrected chi connectivity index (χ3v) is 4.57. The zero-order valence-corrected chi connectivity index (χ0v) is 19.6. The van der Waals surface area contributed by atoms with Gasteiger partial charge in [0.2, 0.25) is 0 Å². The SMILES string of the molecule is C=C(/C=C\C)CCCC(O)/C=C/[C@H]1/C(=N\O)CC[C@@H]1C/C=C\CC.CC.CC(=O)O. The minimum Gasteiger partial charge on any atom is -0.481 e. The van der Waals surface area contributed by atoms with Crippen molar-refractivity contribution in [1.29, 1.82) is 0 Å². The standard InChI is InChI=1S/C21H33NO2.C2H4O2.C2H6/c1-4-6-7-11-18-13-16-21(22-24)20(18)15-14-19(23)12-8-10-17(3)9-5-2;1-2(3)4;1-2/h5-7,9,14-15,18-20,23-24H,3-4,8,10-13,16H2,1-2H3;1H3,(H,3,4);1-2H3/b7-6-,9-5-,15-14+,22-21-;;/t18-,19?,20+;;/m0../s1. The number of oxime groups is 1. The van der Waals surface area contributed by atoms with Gasteiger partial charge in [0, 0.05) is 12.8 Å². The van der Waals surface area contributed by atoms with Crippen LogP contribution in [-0.4, -0.2) is 33.2 Å². The van der Waals surface area contributed by atoms with E-state index in [0.717, 1.165) is 63.2 Å². The molecule has 1 aliphatic rings. The molecule has 0 radical (unpaired) electrons. The molecule has 1 rings (SSSR count). The summed E-state index contributed by atoms with van der Waals surface area (Å²) in [7, 11) is 0. The van der Waals surface area contributed by atoms with Crippen molar-refractivity contribution in [2.24, 2.45) is 17.0 Å². The van der Waals surface area contributed by atoms with E-state index in [1.807, 2.05) is 45.1 Å². The molecule has 30 heavy (non-hydrogen) atoms. The summed E-state index contributed by atoms with van der Waals surface area (Å²) in [5.74, 6) is -0.222. The van der Waals surface area contributed by atoms with E-state index in [4.69, 9.17) is 9.90 Å². The quantitative estimate of drug-likeness (QED) is 0.162. The second-order valence-electron chi connectivity index (χ2n) is 7.05. The Morgan fingerprint density at radius 3 is 2.50 bits per heavy atom. The molecule has 172 valence electrons. The molecule has 0 aromatic rings. The largest absolute Gasteiger partial charge is 0.481 e. The van der Waals surface area contributed by atoms with Crippen LogP contribution in [-0.2, 0) is 4.79 Å². The van der Waals surface area contributed by atoms with Crippen LogP contribution in [0, 0.1) is 11.8 Å². The van der Waals surface area contributed by atoms with Crippen molar-refractivity contribution in [3.05, 3.63) is 48.6 Å². The zero-order valence-electron chi connectivity index (χ0n) is 19.6. The molecular weight excluding hydrogens is 378 g/mol. The van der Waals surface area contributed by atoms with Gasteiger partial charge in [-0.3, -0.25) is 4.79 Å². The molecule has 3 atom stereocenters. The molecule has 1 saturated carbocycles. The lowest BCUT2D eigenvalue weighted by molar-refractivity contribution is -0.134. The van der Waals surface area contributed by atoms with E-state index in [9.17, 15) is 10.3 Å². The summed E-state index contributed by atoms with van der Waals surface area (Å²) in [6, 6.07) is 0. The molecule has 5 heteroatoms. The molecule has 0 aromatic carbocycles. The molecule has 5 nitrogen and oxygen atoms in total. The predicted octanol–water partition coefficient (Wildman–Crippen LogP) is 6.54. The summed E-state index contributed by atoms with van der Waals surface area (Å²) in [6.07, 6.45) is 18.4. The minimum absolute atomic E-state index is 0.143. The van der Waals surface area contributed by atoms with Crippen LogP contribution >= 0.6 is 0 Å². The molecule has 0 aliphatic heterocycles. The maximum absolute atomic E-state index is 10.2. The van der Waals surface area contributed by atoms with E-state index in [0.29, 0.717) is 5.92 Å². The van der Waals surface area contributed by atoms with Gasteiger partial charge in [-0.1, -0.05) is 74.5 Å². The number of nitrogens with zero attached hydrogens (tertiary/aromatic N) is 1. The first kappa shape index (κ1) is 30.1. The Hall–Kier alpha value is -2.14. The maximum Gasteiger partial charge on any atom is 0.300 e. The second kappa shape index (κ2) is 20.1. The number of hydrogen-bond donors (Lipinski definition) is 3. The van der Waals surface area contributed by atoms with Crippen LogP contribution < -0.4 is 0 Å². The van der Waals surface area contributed by atoms with Crippen LogP contribution in [0.2, 0.25) is 0 Å². The number of rotatable bonds is 10. The van der Waals surface area contributed by atoms with Crippen molar-refractivity contribution in [1.82, 2.24) is 0 Å². The Balaban J connectivity index is 0. The van der Waals surface area contributed by atoms with Gasteiger partial charge >= 0.3 is 0 Å². The lowest BCUT2D eigenvalue weighted by Crippen LogP contribution is -2.13. The smallest absolute Gasteiger partial charge is 0.300 e. The molecule has 1 fully saturated rings. The van der Waals surface area contributed by atoms with E-state index in [1.165, 1.54) is 0 Å². The highest BCUT2D eigenvalue weighted by molar-refractivity contribution is 5.90. The van der Waals surface area contributed by atoms with Crippen LogP contribution in [0.25, 0.3) is 0 Å². The van der Waals surface area contributed by atoms with Gasteiger partial charge in [0.1, 0.15) is 0 Å². The van der Waals surface area contributed by atoms with Gasteiger partial charge in [0.25, 0.3) is 5.97 Å². The van der Waals surface area contributed by atoms with Crippen LogP contribution in [0.4, 0.5) is 0 Å². The highest BCUT2D eigenvalue weighted by Gasteiger charge is 2.30. The fourth-order valence-electron chi connectivity index (χ4n) is 3.24. The van der Waals surface area contributed by atoms with E-state index in [-0.39, 0.29) is 5.92 Å². The van der Waals surface area contributed by atoms with Crippen molar-refractivity contribution in [3.8, 4) is 0 Å². The molecule has 3 N–H and O–H groups in total. The number of aliphatic hydroxyl groups is 1. The highest BCUT2D eigenvalue weighted by Crippen LogP contribution is 2.34. The average molecular weight is 422 g/mol.